The summed E-state index contributed by atoms with van der Waals surface area (Å²) in [6, 6.07) is 17.1. The number of hydrogen-bond acceptors (Lipinski definition) is 6. The normalized spacial score (nSPS) is 21.2. The second kappa shape index (κ2) is 9.14. The van der Waals surface area contributed by atoms with E-state index >= 15 is 0 Å². The van der Waals surface area contributed by atoms with Gasteiger partial charge in [-0.2, -0.15) is 0 Å². The predicted octanol–water partition coefficient (Wildman–Crippen LogP) is 2.46. The highest BCUT2D eigenvalue weighted by molar-refractivity contribution is 5.45. The van der Waals surface area contributed by atoms with Crippen molar-refractivity contribution in [1.29, 1.82) is 0 Å². The molecular formula is C25H28N4O3. The molecule has 2 aromatic heterocycles. The van der Waals surface area contributed by atoms with Crippen molar-refractivity contribution in [1.82, 2.24) is 14.5 Å². The van der Waals surface area contributed by atoms with Gasteiger partial charge in [0.1, 0.15) is 18.2 Å². The van der Waals surface area contributed by atoms with Crippen molar-refractivity contribution in [2.75, 3.05) is 31.1 Å². The summed E-state index contributed by atoms with van der Waals surface area (Å²) < 4.78 is 7.30. The van der Waals surface area contributed by atoms with Crippen LogP contribution in [0.5, 0.6) is 5.75 Å². The summed E-state index contributed by atoms with van der Waals surface area (Å²) in [7, 11) is 0. The third kappa shape index (κ3) is 4.40. The first-order chi connectivity index (χ1) is 15.7. The van der Waals surface area contributed by atoms with Crippen LogP contribution < -0.4 is 15.2 Å². The van der Waals surface area contributed by atoms with Gasteiger partial charge in [0.15, 0.2) is 0 Å². The number of anilines is 1. The summed E-state index contributed by atoms with van der Waals surface area (Å²) >= 11 is 0. The Morgan fingerprint density at radius 1 is 1.03 bits per heavy atom. The molecule has 32 heavy (non-hydrogen) atoms. The molecule has 1 aromatic carbocycles. The fraction of sp³-hybridized carbons (Fsp3) is 0.360. The summed E-state index contributed by atoms with van der Waals surface area (Å²) in [5.41, 5.74) is 1.58. The van der Waals surface area contributed by atoms with Gasteiger partial charge in [0.05, 0.1) is 24.0 Å². The summed E-state index contributed by atoms with van der Waals surface area (Å²) in [5, 5.41) is 10.5. The Kier molecular flexibility index (Phi) is 5.92. The van der Waals surface area contributed by atoms with E-state index < -0.39 is 0 Å². The van der Waals surface area contributed by atoms with E-state index in [1.807, 2.05) is 42.5 Å². The van der Waals surface area contributed by atoms with Gasteiger partial charge in [-0.15, -0.1) is 0 Å². The number of aliphatic hydroxyl groups is 1. The molecule has 0 saturated carbocycles. The quantitative estimate of drug-likeness (QED) is 0.645. The second-order valence-electron chi connectivity index (χ2n) is 8.50. The van der Waals surface area contributed by atoms with Crippen molar-refractivity contribution >= 4 is 5.82 Å². The van der Waals surface area contributed by atoms with Crippen molar-refractivity contribution in [3.63, 3.8) is 0 Å². The lowest BCUT2D eigenvalue weighted by Crippen LogP contribution is -2.41. The van der Waals surface area contributed by atoms with Crippen molar-refractivity contribution in [2.24, 2.45) is 0 Å². The predicted molar refractivity (Wildman–Crippen MR) is 123 cm³/mol. The molecule has 5 rings (SSSR count). The molecule has 2 aliphatic rings. The zero-order valence-corrected chi connectivity index (χ0v) is 18.0. The van der Waals surface area contributed by atoms with Gasteiger partial charge in [-0.1, -0.05) is 30.3 Å². The summed E-state index contributed by atoms with van der Waals surface area (Å²) in [6.07, 6.45) is 5.47. The van der Waals surface area contributed by atoms with Gasteiger partial charge < -0.3 is 14.7 Å². The number of ether oxygens (including phenoxy) is 1. The van der Waals surface area contributed by atoms with E-state index in [2.05, 4.69) is 14.8 Å². The number of aromatic nitrogens is 2. The third-order valence-corrected chi connectivity index (χ3v) is 6.34. The molecule has 0 radical (unpaired) electrons. The maximum absolute atomic E-state index is 12.6. The lowest BCUT2D eigenvalue weighted by Gasteiger charge is -2.25. The molecule has 2 atom stereocenters. The number of rotatable bonds is 6. The molecule has 2 aliphatic heterocycles. The average Bonchev–Trinajstić information content (AvgIpc) is 3.48. The third-order valence-electron chi connectivity index (χ3n) is 6.34. The van der Waals surface area contributed by atoms with Crippen molar-refractivity contribution < 1.29 is 9.84 Å². The molecule has 0 unspecified atom stereocenters. The molecule has 166 valence electrons. The molecule has 0 aliphatic carbocycles. The molecule has 3 aromatic rings. The van der Waals surface area contributed by atoms with E-state index in [1.165, 1.54) is 18.9 Å². The fourth-order valence-electron chi connectivity index (χ4n) is 4.60. The number of β-amino-alcohol motifs (C(OH)–C–C–N with tert-alkyl or cyclic N) is 1. The van der Waals surface area contributed by atoms with Crippen LogP contribution in [0.15, 0.2) is 71.8 Å². The molecule has 7 nitrogen and oxygen atoms in total. The number of pyridine rings is 2. The Morgan fingerprint density at radius 2 is 1.84 bits per heavy atom. The molecule has 1 N–H and O–H groups in total. The lowest BCUT2D eigenvalue weighted by molar-refractivity contribution is 0.0986. The number of benzene rings is 1. The molecular weight excluding hydrogens is 404 g/mol. The Bertz CT molecular complexity index is 1090. The molecule has 2 fully saturated rings. The van der Waals surface area contributed by atoms with Gasteiger partial charge in [-0.3, -0.25) is 14.3 Å². The standard InChI is InChI=1S/C25H28N4O3/c30-23-17-28(16-22(23)27-11-4-5-12-27)24-9-8-20(15-26-24)29-13-10-21(14-25(29)31)32-18-19-6-2-1-3-7-19/h1-3,6-10,13-15,22-23,30H,4-5,11-12,16-18H2/t22-,23-/m0/s1. The lowest BCUT2D eigenvalue weighted by atomic mass is 10.2. The fourth-order valence-corrected chi connectivity index (χ4v) is 4.60. The largest absolute Gasteiger partial charge is 0.489 e. The van der Waals surface area contributed by atoms with Crippen molar-refractivity contribution in [2.45, 2.75) is 31.6 Å². The molecule has 0 spiro atoms. The van der Waals surface area contributed by atoms with Crippen molar-refractivity contribution in [3.05, 3.63) is 82.9 Å². The number of nitrogens with zero attached hydrogens (tertiary/aromatic N) is 4. The van der Waals surface area contributed by atoms with Crippen LogP contribution in [0.4, 0.5) is 5.82 Å². The van der Waals surface area contributed by atoms with Gasteiger partial charge in [0, 0.05) is 25.4 Å². The Labute approximate surface area is 187 Å². The Morgan fingerprint density at radius 3 is 2.56 bits per heavy atom. The number of likely N-dealkylation sites (tertiary alicyclic amines) is 1. The first kappa shape index (κ1) is 20.7. The van der Waals surface area contributed by atoms with Gasteiger partial charge in [0.25, 0.3) is 5.56 Å². The molecule has 7 heteroatoms. The van der Waals surface area contributed by atoms with E-state index in [-0.39, 0.29) is 17.7 Å². The SMILES string of the molecule is O=c1cc(OCc2ccccc2)ccn1-c1ccc(N2C[C@H](O)[C@@H](N3CCCC3)C2)nc1. The maximum Gasteiger partial charge on any atom is 0.258 e. The summed E-state index contributed by atoms with van der Waals surface area (Å²) in [6.45, 7) is 3.91. The van der Waals surface area contributed by atoms with Gasteiger partial charge in [0.2, 0.25) is 0 Å². The van der Waals surface area contributed by atoms with Crippen LogP contribution >= 0.6 is 0 Å². The first-order valence-electron chi connectivity index (χ1n) is 11.2. The van der Waals surface area contributed by atoms with Crippen LogP contribution in [-0.2, 0) is 6.61 Å². The van der Waals surface area contributed by atoms with E-state index in [0.717, 1.165) is 31.0 Å². The topological polar surface area (TPSA) is 70.8 Å². The zero-order valence-electron chi connectivity index (χ0n) is 18.0. The monoisotopic (exact) mass is 432 g/mol. The highest BCUT2D eigenvalue weighted by Gasteiger charge is 2.36. The average molecular weight is 433 g/mol. The van der Waals surface area contributed by atoms with Gasteiger partial charge >= 0.3 is 0 Å². The molecule has 0 amide bonds. The minimum atomic E-state index is -0.361. The summed E-state index contributed by atoms with van der Waals surface area (Å²) in [5.74, 6) is 1.36. The Balaban J connectivity index is 1.25. The minimum Gasteiger partial charge on any atom is -0.489 e. The number of aliphatic hydroxyl groups excluding tert-OH is 1. The maximum atomic E-state index is 12.6. The van der Waals surface area contributed by atoms with Crippen LogP contribution in [0, 0.1) is 0 Å². The van der Waals surface area contributed by atoms with Crippen LogP contribution in [0.2, 0.25) is 0 Å². The Hall–Kier alpha value is -3.16. The molecule has 4 heterocycles. The second-order valence-corrected chi connectivity index (χ2v) is 8.50. The van der Waals surface area contributed by atoms with Crippen molar-refractivity contribution in [3.8, 4) is 11.4 Å². The highest BCUT2D eigenvalue weighted by Crippen LogP contribution is 2.25. The smallest absolute Gasteiger partial charge is 0.258 e. The minimum absolute atomic E-state index is 0.171. The van der Waals surface area contributed by atoms with E-state index in [1.54, 1.807) is 23.0 Å². The van der Waals surface area contributed by atoms with Crippen LogP contribution in [0.1, 0.15) is 18.4 Å². The first-order valence-corrected chi connectivity index (χ1v) is 11.2. The van der Waals surface area contributed by atoms with E-state index in [0.29, 0.717) is 24.6 Å². The van der Waals surface area contributed by atoms with Crippen LogP contribution in [0.25, 0.3) is 5.69 Å². The molecule has 0 bridgehead atoms. The highest BCUT2D eigenvalue weighted by atomic mass is 16.5. The van der Waals surface area contributed by atoms with E-state index in [4.69, 9.17) is 4.74 Å². The zero-order chi connectivity index (χ0) is 21.9. The van der Waals surface area contributed by atoms with Gasteiger partial charge in [-0.05, 0) is 49.7 Å². The summed E-state index contributed by atoms with van der Waals surface area (Å²) in [4.78, 5) is 21.7. The van der Waals surface area contributed by atoms with Crippen LogP contribution in [-0.4, -0.2) is 57.9 Å². The number of hydrogen-bond donors (Lipinski definition) is 1. The van der Waals surface area contributed by atoms with Gasteiger partial charge in [-0.25, -0.2) is 4.98 Å². The van der Waals surface area contributed by atoms with Crippen LogP contribution in [0.3, 0.4) is 0 Å². The van der Waals surface area contributed by atoms with E-state index in [9.17, 15) is 9.90 Å². The molecule has 2 saturated heterocycles.